The number of nitrogens with one attached hydrogen (secondary N) is 2. The predicted octanol–water partition coefficient (Wildman–Crippen LogP) is 2.52. The summed E-state index contributed by atoms with van der Waals surface area (Å²) in [7, 11) is 0. The number of ether oxygens (including phenoxy) is 1. The largest absolute Gasteiger partial charge is 0.457 e. The minimum absolute atomic E-state index is 0.290. The van der Waals surface area contributed by atoms with E-state index < -0.39 is 0 Å². The van der Waals surface area contributed by atoms with E-state index in [-0.39, 0.29) is 5.97 Å². The van der Waals surface area contributed by atoms with Crippen LogP contribution in [0.25, 0.3) is 0 Å². The predicted molar refractivity (Wildman–Crippen MR) is 77.3 cm³/mol. The summed E-state index contributed by atoms with van der Waals surface area (Å²) in [6.45, 7) is 1.82. The number of benzene rings is 2. The van der Waals surface area contributed by atoms with Gasteiger partial charge in [-0.05, 0) is 29.3 Å². The van der Waals surface area contributed by atoms with E-state index in [1.807, 2.05) is 42.5 Å². The number of hydrogen-bond donors (Lipinski definition) is 2. The van der Waals surface area contributed by atoms with Gasteiger partial charge in [0, 0.05) is 12.2 Å². The van der Waals surface area contributed by atoms with Crippen molar-refractivity contribution in [2.45, 2.75) is 13.2 Å². The Balaban J connectivity index is 1.68. The monoisotopic (exact) mass is 268 g/mol. The number of hydrogen-bond acceptors (Lipinski definition) is 4. The van der Waals surface area contributed by atoms with E-state index in [1.54, 1.807) is 6.07 Å². The molecule has 0 aromatic heterocycles. The number of rotatable bonds is 3. The van der Waals surface area contributed by atoms with Crippen molar-refractivity contribution < 1.29 is 9.53 Å². The summed E-state index contributed by atoms with van der Waals surface area (Å²) in [6.07, 6.45) is 0. The average molecular weight is 268 g/mol. The molecular formula is C16H16N2O2. The number of carbonyl (C=O) groups excluding carboxylic acids is 1. The van der Waals surface area contributed by atoms with Crippen molar-refractivity contribution in [3.8, 4) is 0 Å². The molecule has 0 unspecified atom stereocenters. The second kappa shape index (κ2) is 5.75. The zero-order chi connectivity index (χ0) is 13.8. The van der Waals surface area contributed by atoms with Crippen LogP contribution >= 0.6 is 0 Å². The molecule has 2 N–H and O–H groups in total. The number of carbonyl (C=O) groups is 1. The van der Waals surface area contributed by atoms with Crippen LogP contribution in [0.15, 0.2) is 48.5 Å². The Bertz CT molecular complexity index is 611. The minimum Gasteiger partial charge on any atom is -0.457 e. The van der Waals surface area contributed by atoms with Crippen molar-refractivity contribution in [2.24, 2.45) is 0 Å². The van der Waals surface area contributed by atoms with Gasteiger partial charge in [0.15, 0.2) is 0 Å². The van der Waals surface area contributed by atoms with Crippen LogP contribution in [0.4, 0.5) is 5.69 Å². The maximum atomic E-state index is 12.0. The smallest absolute Gasteiger partial charge is 0.338 e. The molecule has 0 radical (unpaired) electrons. The molecule has 0 spiro atoms. The van der Waals surface area contributed by atoms with Crippen LogP contribution < -0.4 is 10.6 Å². The Hall–Kier alpha value is -2.33. The molecule has 1 aliphatic rings. The molecule has 1 aliphatic heterocycles. The standard InChI is InChI=1S/C16H16N2O2/c19-16(20-10-12-4-2-1-3-5-12)13-6-7-15-14(8-13)9-17-11-18-15/h1-8,17-18H,9-11H2. The molecule has 1 heterocycles. The fourth-order valence-electron chi connectivity index (χ4n) is 2.20. The van der Waals surface area contributed by atoms with E-state index in [2.05, 4.69) is 10.6 Å². The molecule has 4 heteroatoms. The van der Waals surface area contributed by atoms with Gasteiger partial charge in [0.25, 0.3) is 0 Å². The third kappa shape index (κ3) is 2.81. The summed E-state index contributed by atoms with van der Waals surface area (Å²) in [5.74, 6) is -0.290. The lowest BCUT2D eigenvalue weighted by Crippen LogP contribution is -2.27. The first kappa shape index (κ1) is 12.7. The highest BCUT2D eigenvalue weighted by Crippen LogP contribution is 2.20. The van der Waals surface area contributed by atoms with E-state index in [0.29, 0.717) is 12.2 Å². The lowest BCUT2D eigenvalue weighted by molar-refractivity contribution is 0.0472. The van der Waals surface area contributed by atoms with E-state index in [1.165, 1.54) is 0 Å². The molecule has 0 saturated carbocycles. The molecule has 20 heavy (non-hydrogen) atoms. The first-order valence-electron chi connectivity index (χ1n) is 6.61. The summed E-state index contributed by atoms with van der Waals surface area (Å²) >= 11 is 0. The third-order valence-corrected chi connectivity index (χ3v) is 3.27. The van der Waals surface area contributed by atoms with Gasteiger partial charge >= 0.3 is 5.97 Å². The number of fused-ring (bicyclic) bond motifs is 1. The van der Waals surface area contributed by atoms with Gasteiger partial charge in [-0.2, -0.15) is 0 Å². The SMILES string of the molecule is O=C(OCc1ccccc1)c1ccc2c(c1)CNCN2. The first-order valence-corrected chi connectivity index (χ1v) is 6.61. The normalized spacial score (nSPS) is 13.2. The molecule has 0 atom stereocenters. The summed E-state index contributed by atoms with van der Waals surface area (Å²) < 4.78 is 5.33. The molecule has 3 rings (SSSR count). The van der Waals surface area contributed by atoms with Gasteiger partial charge in [0.05, 0.1) is 12.2 Å². The molecular weight excluding hydrogens is 252 g/mol. The average Bonchev–Trinajstić information content (AvgIpc) is 2.53. The molecule has 0 aliphatic carbocycles. The quantitative estimate of drug-likeness (QED) is 0.840. The van der Waals surface area contributed by atoms with Crippen LogP contribution in [-0.4, -0.2) is 12.6 Å². The highest BCUT2D eigenvalue weighted by molar-refractivity contribution is 5.90. The highest BCUT2D eigenvalue weighted by Gasteiger charge is 2.13. The lowest BCUT2D eigenvalue weighted by Gasteiger charge is -2.19. The molecule has 2 aromatic rings. The van der Waals surface area contributed by atoms with Gasteiger partial charge < -0.3 is 10.1 Å². The molecule has 0 fully saturated rings. The van der Waals surface area contributed by atoms with E-state index >= 15 is 0 Å². The van der Waals surface area contributed by atoms with Crippen molar-refractivity contribution in [1.29, 1.82) is 0 Å². The Morgan fingerprint density at radius 3 is 2.85 bits per heavy atom. The van der Waals surface area contributed by atoms with Crippen LogP contribution in [0.3, 0.4) is 0 Å². The van der Waals surface area contributed by atoms with E-state index in [0.717, 1.165) is 30.0 Å². The molecule has 0 amide bonds. The zero-order valence-corrected chi connectivity index (χ0v) is 11.1. The fourth-order valence-corrected chi connectivity index (χ4v) is 2.20. The van der Waals surface area contributed by atoms with Gasteiger partial charge in [-0.1, -0.05) is 30.3 Å². The van der Waals surface area contributed by atoms with Gasteiger partial charge in [-0.3, -0.25) is 5.32 Å². The number of esters is 1. The van der Waals surface area contributed by atoms with Crippen molar-refractivity contribution in [2.75, 3.05) is 12.0 Å². The Morgan fingerprint density at radius 1 is 1.15 bits per heavy atom. The summed E-state index contributed by atoms with van der Waals surface area (Å²) in [5.41, 5.74) is 3.74. The van der Waals surface area contributed by atoms with Gasteiger partial charge in [0.2, 0.25) is 0 Å². The van der Waals surface area contributed by atoms with Gasteiger partial charge in [0.1, 0.15) is 6.61 Å². The minimum atomic E-state index is -0.290. The van der Waals surface area contributed by atoms with Crippen molar-refractivity contribution >= 4 is 11.7 Å². The molecule has 4 nitrogen and oxygen atoms in total. The molecule has 2 aromatic carbocycles. The third-order valence-electron chi connectivity index (χ3n) is 3.27. The van der Waals surface area contributed by atoms with E-state index in [4.69, 9.17) is 4.74 Å². The molecule has 102 valence electrons. The Kier molecular flexibility index (Phi) is 3.65. The van der Waals surface area contributed by atoms with Crippen molar-refractivity contribution in [3.63, 3.8) is 0 Å². The second-order valence-electron chi connectivity index (χ2n) is 4.71. The topological polar surface area (TPSA) is 50.4 Å². The van der Waals surface area contributed by atoms with Crippen LogP contribution in [0.5, 0.6) is 0 Å². The Labute approximate surface area is 117 Å². The zero-order valence-electron chi connectivity index (χ0n) is 11.1. The second-order valence-corrected chi connectivity index (χ2v) is 4.71. The van der Waals surface area contributed by atoms with Crippen LogP contribution in [0.2, 0.25) is 0 Å². The maximum absolute atomic E-state index is 12.0. The van der Waals surface area contributed by atoms with Crippen LogP contribution in [0.1, 0.15) is 21.5 Å². The van der Waals surface area contributed by atoms with Crippen LogP contribution in [-0.2, 0) is 17.9 Å². The molecule has 0 saturated heterocycles. The summed E-state index contributed by atoms with van der Waals surface area (Å²) in [4.78, 5) is 12.0. The highest BCUT2D eigenvalue weighted by atomic mass is 16.5. The first-order chi connectivity index (χ1) is 9.83. The number of anilines is 1. The molecule has 0 bridgehead atoms. The maximum Gasteiger partial charge on any atom is 0.338 e. The van der Waals surface area contributed by atoms with Gasteiger partial charge in [-0.15, -0.1) is 0 Å². The lowest BCUT2D eigenvalue weighted by atomic mass is 10.1. The summed E-state index contributed by atoms with van der Waals surface area (Å²) in [5, 5.41) is 6.43. The van der Waals surface area contributed by atoms with E-state index in [9.17, 15) is 4.79 Å². The summed E-state index contributed by atoms with van der Waals surface area (Å²) in [6, 6.07) is 15.3. The Morgan fingerprint density at radius 2 is 2.00 bits per heavy atom. The van der Waals surface area contributed by atoms with Crippen LogP contribution in [0, 0.1) is 0 Å². The fraction of sp³-hybridized carbons (Fsp3) is 0.188. The van der Waals surface area contributed by atoms with Crippen molar-refractivity contribution in [1.82, 2.24) is 5.32 Å². The van der Waals surface area contributed by atoms with Crippen molar-refractivity contribution in [3.05, 3.63) is 65.2 Å². The van der Waals surface area contributed by atoms with Gasteiger partial charge in [-0.25, -0.2) is 4.79 Å².